The van der Waals surface area contributed by atoms with E-state index < -0.39 is 5.60 Å². The molecule has 19 heteroatoms. The fraction of sp³-hybridized carbons (Fsp3) is 0.500. The molecule has 4 aliphatic rings. The Labute approximate surface area is 464 Å². The van der Waals surface area contributed by atoms with Gasteiger partial charge in [0.2, 0.25) is 5.91 Å². The fourth-order valence-electron chi connectivity index (χ4n) is 8.46. The van der Waals surface area contributed by atoms with Gasteiger partial charge in [-0.15, -0.1) is 0 Å². The Morgan fingerprint density at radius 3 is 1.52 bits per heavy atom. The number of oxazole rings is 2. The molecule has 0 radical (unpaired) electrons. The number of esters is 1. The number of fused-ring (bicyclic) bond motifs is 4. The molecular weight excluding hydrogens is 1020 g/mol. The summed E-state index contributed by atoms with van der Waals surface area (Å²) in [6, 6.07) is 18.7. The number of aromatic nitrogens is 4. The number of hydrogen-bond acceptors (Lipinski definition) is 17. The number of aryl methyl sites for hydroxylation is 3. The van der Waals surface area contributed by atoms with Crippen LogP contribution in [0.1, 0.15) is 115 Å². The maximum Gasteiger partial charge on any atom is 0.410 e. The molecule has 2 saturated heterocycles. The van der Waals surface area contributed by atoms with Crippen LogP contribution < -0.4 is 14.5 Å². The number of morpholine rings is 2. The molecule has 8 heterocycles. The number of anilines is 2. The van der Waals surface area contributed by atoms with Gasteiger partial charge in [0.15, 0.2) is 33.2 Å². The van der Waals surface area contributed by atoms with Crippen molar-refractivity contribution >= 4 is 73.1 Å². The number of carbonyl (C=O) groups is 3. The predicted molar refractivity (Wildman–Crippen MR) is 312 cm³/mol. The van der Waals surface area contributed by atoms with E-state index in [-0.39, 0.29) is 69.0 Å². The van der Waals surface area contributed by atoms with Crippen molar-refractivity contribution in [2.45, 2.75) is 130 Å². The monoisotopic (exact) mass is 1100 g/mol. The van der Waals surface area contributed by atoms with Crippen molar-refractivity contribution in [1.29, 1.82) is 0 Å². The highest BCUT2D eigenvalue weighted by Crippen LogP contribution is 2.33. The Hall–Kier alpha value is -6.41. The second kappa shape index (κ2) is 28.8. The summed E-state index contributed by atoms with van der Waals surface area (Å²) in [4.78, 5) is 65.9. The lowest BCUT2D eigenvalue weighted by atomic mass is 10.1. The van der Waals surface area contributed by atoms with Gasteiger partial charge in [-0.05, 0) is 75.2 Å². The van der Waals surface area contributed by atoms with Crippen molar-refractivity contribution in [1.82, 2.24) is 29.7 Å². The van der Waals surface area contributed by atoms with E-state index in [1.807, 2.05) is 88.0 Å². The van der Waals surface area contributed by atoms with E-state index >= 15 is 0 Å². The molecular formula is C58H84N8O9S2. The van der Waals surface area contributed by atoms with Gasteiger partial charge in [-0.25, -0.2) is 24.7 Å². The standard InChI is InChI=1S/C20H22N4O3S.C17H15NO3.C15H23N3O3S.6CH4/c1-13-21-16-10-14(2-3-17(16)27-13)11-19(25)24-5-4-15-18(12-24)28-20(22-15)23-6-8-26-9-7-23;1-11-3-6-14(7-4-11)21-17(19)10-13-5-8-16-15(9-13)18-12(2)20-16;1-15(2,3)21-14(19)18-5-4-11-12(10-18)22-13(16-11)17-6-8-20-9-7-17;;;;;;/h2-3,10H,4-9,11-12H2,1H3;3-9H,10H2,1-2H3;4-10H2,1-3H3;6*1H4. The first kappa shape index (κ1) is 64.9. The number of hydrogen-bond donors (Lipinski definition) is 0. The molecule has 17 nitrogen and oxygen atoms in total. The average Bonchev–Trinajstić information content (AvgIpc) is 4.16. The van der Waals surface area contributed by atoms with Crippen LogP contribution in [0.25, 0.3) is 22.2 Å². The Morgan fingerprint density at radius 2 is 1.04 bits per heavy atom. The van der Waals surface area contributed by atoms with E-state index in [1.165, 1.54) is 9.75 Å². The summed E-state index contributed by atoms with van der Waals surface area (Å²) >= 11 is 3.41. The van der Waals surface area contributed by atoms with Gasteiger partial charge in [0.25, 0.3) is 0 Å². The first-order valence-corrected chi connectivity index (χ1v) is 25.7. The van der Waals surface area contributed by atoms with Crippen LogP contribution in [0.15, 0.2) is 69.5 Å². The molecule has 11 rings (SSSR count). The van der Waals surface area contributed by atoms with Crippen LogP contribution in [0, 0.1) is 20.8 Å². The minimum absolute atomic E-state index is 0. The molecule has 77 heavy (non-hydrogen) atoms. The summed E-state index contributed by atoms with van der Waals surface area (Å²) in [6.07, 6.45) is 1.97. The van der Waals surface area contributed by atoms with E-state index in [9.17, 15) is 14.4 Å². The molecule has 4 aliphatic heterocycles. The second-order valence-electron chi connectivity index (χ2n) is 18.9. The van der Waals surface area contributed by atoms with Crippen molar-refractivity contribution in [3.8, 4) is 5.75 Å². The summed E-state index contributed by atoms with van der Waals surface area (Å²) in [5.74, 6) is 1.67. The molecule has 2 fully saturated rings. The summed E-state index contributed by atoms with van der Waals surface area (Å²) in [5, 5.41) is 2.12. The van der Waals surface area contributed by atoms with Gasteiger partial charge in [-0.3, -0.25) is 9.59 Å². The molecule has 0 bridgehead atoms. The third kappa shape index (κ3) is 17.0. The van der Waals surface area contributed by atoms with Gasteiger partial charge in [-0.2, -0.15) is 0 Å². The van der Waals surface area contributed by atoms with Crippen molar-refractivity contribution in [3.63, 3.8) is 0 Å². The number of benzene rings is 3. The van der Waals surface area contributed by atoms with Gasteiger partial charge in [0, 0.05) is 75.7 Å². The maximum atomic E-state index is 12.9. The molecule has 0 atom stereocenters. The minimum Gasteiger partial charge on any atom is -0.444 e. The van der Waals surface area contributed by atoms with E-state index in [1.54, 1.807) is 46.6 Å². The van der Waals surface area contributed by atoms with E-state index in [0.29, 0.717) is 43.6 Å². The van der Waals surface area contributed by atoms with Crippen molar-refractivity contribution in [2.24, 2.45) is 0 Å². The zero-order valence-corrected chi connectivity index (χ0v) is 42.8. The topological polar surface area (TPSA) is 179 Å². The van der Waals surface area contributed by atoms with Gasteiger partial charge in [0.05, 0.1) is 63.7 Å². The highest BCUT2D eigenvalue weighted by atomic mass is 32.1. The fourth-order valence-corrected chi connectivity index (χ4v) is 10.8. The molecule has 2 amide bonds. The Balaban J connectivity index is 0.000000296. The number of ether oxygens (including phenoxy) is 4. The molecule has 3 aromatic carbocycles. The quantitative estimate of drug-likeness (QED) is 0.109. The van der Waals surface area contributed by atoms with E-state index in [4.69, 9.17) is 37.7 Å². The average molecular weight is 1100 g/mol. The first-order valence-electron chi connectivity index (χ1n) is 24.1. The highest BCUT2D eigenvalue weighted by molar-refractivity contribution is 7.16. The molecule has 0 N–H and O–H groups in total. The molecule has 4 aromatic heterocycles. The summed E-state index contributed by atoms with van der Waals surface area (Å²) < 4.78 is 32.5. The van der Waals surface area contributed by atoms with Gasteiger partial charge in [0.1, 0.15) is 22.4 Å². The number of thiazole rings is 2. The predicted octanol–water partition coefficient (Wildman–Crippen LogP) is 12.2. The Bertz CT molecular complexity index is 2980. The zero-order valence-electron chi connectivity index (χ0n) is 41.2. The lowest BCUT2D eigenvalue weighted by Gasteiger charge is -2.29. The zero-order chi connectivity index (χ0) is 49.6. The molecule has 0 spiro atoms. The maximum absolute atomic E-state index is 12.9. The third-order valence-corrected chi connectivity index (χ3v) is 14.4. The lowest BCUT2D eigenvalue weighted by Crippen LogP contribution is -2.39. The molecule has 0 saturated carbocycles. The van der Waals surface area contributed by atoms with E-state index in [2.05, 4.69) is 19.8 Å². The van der Waals surface area contributed by atoms with Gasteiger partial charge >= 0.3 is 12.1 Å². The van der Waals surface area contributed by atoms with Crippen LogP contribution in [-0.4, -0.2) is 119 Å². The number of carbonyl (C=O) groups excluding carboxylic acids is 3. The summed E-state index contributed by atoms with van der Waals surface area (Å²) in [7, 11) is 0. The Kier molecular flexibility index (Phi) is 24.3. The summed E-state index contributed by atoms with van der Waals surface area (Å²) in [6.45, 7) is 20.5. The second-order valence-corrected chi connectivity index (χ2v) is 21.0. The van der Waals surface area contributed by atoms with Crippen LogP contribution in [-0.2, 0) is 62.6 Å². The molecule has 0 aliphatic carbocycles. The summed E-state index contributed by atoms with van der Waals surface area (Å²) in [5.41, 5.74) is 7.82. The molecule has 7 aromatic rings. The smallest absolute Gasteiger partial charge is 0.410 e. The van der Waals surface area contributed by atoms with Gasteiger partial charge < -0.3 is 47.4 Å². The SMILES string of the molecule is C.C.C.C.C.C.CC(C)(C)OC(=O)N1CCc2nc(N3CCOCC3)sc2C1.Cc1ccc(OC(=O)Cc2ccc3oc(C)nc3c2)cc1.Cc1nc2cc(CC(=O)N3CCc4nc(N5CCOCC5)sc4C3)ccc2o1. The third-order valence-electron chi connectivity index (χ3n) is 12.1. The van der Waals surface area contributed by atoms with Crippen LogP contribution in [0.4, 0.5) is 15.1 Å². The van der Waals surface area contributed by atoms with Gasteiger partial charge in [-0.1, -0.05) is 97.1 Å². The number of rotatable bonds is 7. The molecule has 0 unspecified atom stereocenters. The number of amides is 2. The van der Waals surface area contributed by atoms with Crippen LogP contribution in [0.2, 0.25) is 0 Å². The highest BCUT2D eigenvalue weighted by Gasteiger charge is 2.30. The van der Waals surface area contributed by atoms with Crippen LogP contribution in [0.5, 0.6) is 5.75 Å². The van der Waals surface area contributed by atoms with E-state index in [0.717, 1.165) is 133 Å². The largest absolute Gasteiger partial charge is 0.444 e. The van der Waals surface area contributed by atoms with Crippen molar-refractivity contribution in [2.75, 3.05) is 75.5 Å². The van der Waals surface area contributed by atoms with Crippen molar-refractivity contribution < 1.29 is 42.2 Å². The number of nitrogens with zero attached hydrogens (tertiary/aromatic N) is 8. The molecule has 422 valence electrons. The first-order chi connectivity index (χ1) is 34.2. The minimum atomic E-state index is -0.454. The van der Waals surface area contributed by atoms with Crippen LogP contribution in [0.3, 0.4) is 0 Å². The van der Waals surface area contributed by atoms with Crippen molar-refractivity contribution in [3.05, 3.63) is 110 Å². The van der Waals surface area contributed by atoms with Crippen LogP contribution >= 0.6 is 22.7 Å². The normalized spacial score (nSPS) is 14.6. The lowest BCUT2D eigenvalue weighted by molar-refractivity contribution is -0.133. The Morgan fingerprint density at radius 1 is 0.584 bits per heavy atom.